The van der Waals surface area contributed by atoms with Crippen LogP contribution >= 0.6 is 0 Å². The molecule has 0 N–H and O–H groups in total. The summed E-state index contributed by atoms with van der Waals surface area (Å²) in [7, 11) is 0. The molecule has 2 aromatic carbocycles. The van der Waals surface area contributed by atoms with Gasteiger partial charge in [0.1, 0.15) is 0 Å². The normalized spacial score (nSPS) is 14.2. The summed E-state index contributed by atoms with van der Waals surface area (Å²) in [5.41, 5.74) is 0.175. The van der Waals surface area contributed by atoms with Crippen LogP contribution in [0.5, 0.6) is 0 Å². The van der Waals surface area contributed by atoms with E-state index >= 15 is 0 Å². The van der Waals surface area contributed by atoms with Crippen molar-refractivity contribution in [3.8, 4) is 6.07 Å². The predicted octanol–water partition coefficient (Wildman–Crippen LogP) is 5.00. The van der Waals surface area contributed by atoms with Crippen molar-refractivity contribution >= 4 is 0 Å². The van der Waals surface area contributed by atoms with Gasteiger partial charge in [0.05, 0.1) is 17.6 Å². The molecule has 2 aromatic rings. The first-order valence-corrected chi connectivity index (χ1v) is 6.56. The zero-order valence-corrected chi connectivity index (χ0v) is 11.4. The number of nitriles is 1. The van der Waals surface area contributed by atoms with Crippen molar-refractivity contribution in [2.75, 3.05) is 0 Å². The van der Waals surface area contributed by atoms with Crippen molar-refractivity contribution in [2.24, 2.45) is 5.92 Å². The highest BCUT2D eigenvalue weighted by Gasteiger charge is 2.36. The van der Waals surface area contributed by atoms with Crippen LogP contribution in [0.4, 0.5) is 13.2 Å². The summed E-state index contributed by atoms with van der Waals surface area (Å²) in [6.45, 7) is 1.64. The SMILES string of the molecule is CC(C#N)C(c1ccccc1)c1ccccc1C(F)(F)F. The van der Waals surface area contributed by atoms with Crippen molar-refractivity contribution in [1.82, 2.24) is 0 Å². The van der Waals surface area contributed by atoms with Crippen molar-refractivity contribution in [2.45, 2.75) is 19.0 Å². The number of benzene rings is 2. The maximum atomic E-state index is 13.2. The van der Waals surface area contributed by atoms with E-state index in [0.717, 1.165) is 6.07 Å². The molecule has 0 aliphatic carbocycles. The van der Waals surface area contributed by atoms with Crippen LogP contribution in [0.15, 0.2) is 54.6 Å². The van der Waals surface area contributed by atoms with Crippen molar-refractivity contribution in [1.29, 1.82) is 5.26 Å². The number of hydrogen-bond acceptors (Lipinski definition) is 1. The van der Waals surface area contributed by atoms with Crippen LogP contribution in [0, 0.1) is 17.2 Å². The number of halogens is 3. The Bertz CT molecular complexity index is 641. The van der Waals surface area contributed by atoms with E-state index < -0.39 is 23.6 Å². The monoisotopic (exact) mass is 289 g/mol. The first-order valence-electron chi connectivity index (χ1n) is 6.56. The van der Waals surface area contributed by atoms with Gasteiger partial charge in [-0.2, -0.15) is 18.4 Å². The van der Waals surface area contributed by atoms with E-state index in [9.17, 15) is 18.4 Å². The molecule has 0 aliphatic rings. The lowest BCUT2D eigenvalue weighted by atomic mass is 9.80. The Morgan fingerprint density at radius 3 is 2.10 bits per heavy atom. The number of alkyl halides is 3. The Hall–Kier alpha value is -2.28. The summed E-state index contributed by atoms with van der Waals surface area (Å²) in [5, 5.41) is 9.19. The molecule has 2 atom stereocenters. The summed E-state index contributed by atoms with van der Waals surface area (Å²) >= 11 is 0. The van der Waals surface area contributed by atoms with E-state index in [0.29, 0.717) is 5.56 Å². The molecule has 0 saturated carbocycles. The Kier molecular flexibility index (Phi) is 4.32. The molecule has 0 aromatic heterocycles. The highest BCUT2D eigenvalue weighted by atomic mass is 19.4. The van der Waals surface area contributed by atoms with Gasteiger partial charge in [-0.3, -0.25) is 0 Å². The molecule has 0 fully saturated rings. The van der Waals surface area contributed by atoms with E-state index in [1.54, 1.807) is 43.3 Å². The minimum absolute atomic E-state index is 0.144. The molecule has 0 heterocycles. The summed E-state index contributed by atoms with van der Waals surface area (Å²) in [4.78, 5) is 0. The van der Waals surface area contributed by atoms with Gasteiger partial charge in [0.2, 0.25) is 0 Å². The lowest BCUT2D eigenvalue weighted by molar-refractivity contribution is -0.138. The van der Waals surface area contributed by atoms with Gasteiger partial charge in [-0.25, -0.2) is 0 Å². The second kappa shape index (κ2) is 6.01. The van der Waals surface area contributed by atoms with E-state index in [1.807, 2.05) is 0 Å². The third-order valence-corrected chi connectivity index (χ3v) is 3.46. The molecule has 0 amide bonds. The number of hydrogen-bond donors (Lipinski definition) is 0. The Morgan fingerprint density at radius 1 is 0.952 bits per heavy atom. The minimum atomic E-state index is -4.43. The molecule has 2 rings (SSSR count). The van der Waals surface area contributed by atoms with Crippen LogP contribution in [-0.2, 0) is 6.18 Å². The van der Waals surface area contributed by atoms with Crippen LogP contribution in [0.1, 0.15) is 29.5 Å². The average Bonchev–Trinajstić information content (AvgIpc) is 2.48. The van der Waals surface area contributed by atoms with Crippen LogP contribution in [0.2, 0.25) is 0 Å². The summed E-state index contributed by atoms with van der Waals surface area (Å²) in [5.74, 6) is -1.16. The van der Waals surface area contributed by atoms with E-state index in [-0.39, 0.29) is 5.56 Å². The second-order valence-corrected chi connectivity index (χ2v) is 4.89. The summed E-state index contributed by atoms with van der Waals surface area (Å²) in [6.07, 6.45) is -4.43. The van der Waals surface area contributed by atoms with E-state index in [4.69, 9.17) is 0 Å². The third-order valence-electron chi connectivity index (χ3n) is 3.46. The molecule has 0 saturated heterocycles. The predicted molar refractivity (Wildman–Crippen MR) is 74.5 cm³/mol. The molecule has 0 bridgehead atoms. The molecule has 21 heavy (non-hydrogen) atoms. The molecule has 108 valence electrons. The van der Waals surface area contributed by atoms with Crippen molar-refractivity contribution in [3.63, 3.8) is 0 Å². The van der Waals surface area contributed by atoms with Gasteiger partial charge in [-0.1, -0.05) is 48.5 Å². The third kappa shape index (κ3) is 3.25. The smallest absolute Gasteiger partial charge is 0.198 e. The van der Waals surface area contributed by atoms with Crippen LogP contribution < -0.4 is 0 Å². The van der Waals surface area contributed by atoms with Crippen molar-refractivity contribution in [3.05, 3.63) is 71.3 Å². The highest BCUT2D eigenvalue weighted by molar-refractivity contribution is 5.41. The molecule has 0 aliphatic heterocycles. The Balaban J connectivity index is 2.62. The molecule has 0 radical (unpaired) electrons. The van der Waals surface area contributed by atoms with Gasteiger partial charge in [-0.15, -0.1) is 0 Å². The standard InChI is InChI=1S/C17H14F3N/c1-12(11-21)16(13-7-3-2-4-8-13)14-9-5-6-10-15(14)17(18,19)20/h2-10,12,16H,1H3. The quantitative estimate of drug-likeness (QED) is 0.780. The van der Waals surface area contributed by atoms with Gasteiger partial charge >= 0.3 is 6.18 Å². The van der Waals surface area contributed by atoms with Gasteiger partial charge in [0, 0.05) is 5.92 Å². The first kappa shape index (κ1) is 15.1. The molecular formula is C17H14F3N. The zero-order valence-electron chi connectivity index (χ0n) is 11.4. The number of nitrogens with zero attached hydrogens (tertiary/aromatic N) is 1. The summed E-state index contributed by atoms with van der Waals surface area (Å²) in [6, 6.07) is 16.4. The molecular weight excluding hydrogens is 275 g/mol. The maximum absolute atomic E-state index is 13.2. The van der Waals surface area contributed by atoms with Crippen LogP contribution in [0.25, 0.3) is 0 Å². The zero-order chi connectivity index (χ0) is 15.5. The fourth-order valence-electron chi connectivity index (χ4n) is 2.50. The lowest BCUT2D eigenvalue weighted by Gasteiger charge is -2.24. The Morgan fingerprint density at radius 2 is 1.52 bits per heavy atom. The van der Waals surface area contributed by atoms with Gasteiger partial charge < -0.3 is 0 Å². The molecule has 2 unspecified atom stereocenters. The average molecular weight is 289 g/mol. The van der Waals surface area contributed by atoms with E-state index in [2.05, 4.69) is 6.07 Å². The fourth-order valence-corrected chi connectivity index (χ4v) is 2.50. The second-order valence-electron chi connectivity index (χ2n) is 4.89. The van der Waals surface area contributed by atoms with Crippen LogP contribution in [0.3, 0.4) is 0 Å². The summed E-state index contributed by atoms with van der Waals surface area (Å²) < 4.78 is 39.6. The minimum Gasteiger partial charge on any atom is -0.198 e. The molecule has 4 heteroatoms. The van der Waals surface area contributed by atoms with Gasteiger partial charge in [0.25, 0.3) is 0 Å². The first-order chi connectivity index (χ1) is 9.95. The lowest BCUT2D eigenvalue weighted by Crippen LogP contribution is -2.17. The highest BCUT2D eigenvalue weighted by Crippen LogP contribution is 2.40. The number of rotatable bonds is 3. The van der Waals surface area contributed by atoms with E-state index in [1.165, 1.54) is 12.1 Å². The molecule has 1 nitrogen and oxygen atoms in total. The van der Waals surface area contributed by atoms with Gasteiger partial charge in [-0.05, 0) is 24.1 Å². The fraction of sp³-hybridized carbons (Fsp3) is 0.235. The largest absolute Gasteiger partial charge is 0.416 e. The van der Waals surface area contributed by atoms with Gasteiger partial charge in [0.15, 0.2) is 0 Å². The van der Waals surface area contributed by atoms with Crippen LogP contribution in [-0.4, -0.2) is 0 Å². The molecule has 0 spiro atoms. The maximum Gasteiger partial charge on any atom is 0.416 e. The topological polar surface area (TPSA) is 23.8 Å². The van der Waals surface area contributed by atoms with Crippen molar-refractivity contribution < 1.29 is 13.2 Å². The Labute approximate surface area is 121 Å².